The van der Waals surface area contributed by atoms with Gasteiger partial charge in [0.25, 0.3) is 0 Å². The van der Waals surface area contributed by atoms with Gasteiger partial charge in [-0.25, -0.2) is 0 Å². The summed E-state index contributed by atoms with van der Waals surface area (Å²) in [5, 5.41) is 0. The number of carbonyl (C=O) groups excluding carboxylic acids is 2. The first-order valence-corrected chi connectivity index (χ1v) is 6.94. The highest BCUT2D eigenvalue weighted by Gasteiger charge is 2.40. The smallest absolute Gasteiger partial charge is 0.305 e. The zero-order chi connectivity index (χ0) is 13.0. The number of unbranched alkanes of at least 4 members (excludes halogenated alkanes) is 1. The molecule has 0 radical (unpaired) electrons. The standard InChI is InChI=1S/C15H22O3/c1-18-15(17)5-3-2-4-11-8-12-6-7-13(10-16)14(12)9-11/h4,10,12-14H,2-3,5-9H2,1H3/t12-,13?,14+/m1/s1. The van der Waals surface area contributed by atoms with E-state index < -0.39 is 0 Å². The van der Waals surface area contributed by atoms with Gasteiger partial charge in [-0.05, 0) is 50.4 Å². The molecule has 0 amide bonds. The van der Waals surface area contributed by atoms with E-state index in [-0.39, 0.29) is 5.97 Å². The molecule has 0 N–H and O–H groups in total. The Labute approximate surface area is 109 Å². The van der Waals surface area contributed by atoms with Crippen molar-refractivity contribution < 1.29 is 14.3 Å². The maximum atomic E-state index is 11.0. The van der Waals surface area contributed by atoms with Crippen LogP contribution in [0.1, 0.15) is 44.9 Å². The summed E-state index contributed by atoms with van der Waals surface area (Å²) in [5.74, 6) is 1.52. The quantitative estimate of drug-likeness (QED) is 0.326. The SMILES string of the molecule is COC(=O)CCCC=C1C[C@H]2CCC(C=O)[C@H]2C1. The largest absolute Gasteiger partial charge is 0.469 e. The van der Waals surface area contributed by atoms with Gasteiger partial charge in [0, 0.05) is 12.3 Å². The molecule has 2 aliphatic carbocycles. The molecule has 1 unspecified atom stereocenters. The Balaban J connectivity index is 1.75. The van der Waals surface area contributed by atoms with Crippen molar-refractivity contribution in [3.05, 3.63) is 11.6 Å². The molecule has 3 atom stereocenters. The highest BCUT2D eigenvalue weighted by atomic mass is 16.5. The number of aldehydes is 1. The topological polar surface area (TPSA) is 43.4 Å². The van der Waals surface area contributed by atoms with Crippen molar-refractivity contribution in [1.82, 2.24) is 0 Å². The molecule has 0 aromatic carbocycles. The molecule has 18 heavy (non-hydrogen) atoms. The van der Waals surface area contributed by atoms with Gasteiger partial charge in [-0.1, -0.05) is 11.6 Å². The second kappa shape index (κ2) is 6.17. The van der Waals surface area contributed by atoms with Crippen LogP contribution in [0.15, 0.2) is 11.6 Å². The lowest BCUT2D eigenvalue weighted by atomic mass is 9.93. The lowest BCUT2D eigenvalue weighted by Gasteiger charge is -2.10. The maximum Gasteiger partial charge on any atom is 0.305 e. The summed E-state index contributed by atoms with van der Waals surface area (Å²) in [5.41, 5.74) is 1.50. The van der Waals surface area contributed by atoms with E-state index in [1.807, 2.05) is 0 Å². The summed E-state index contributed by atoms with van der Waals surface area (Å²) in [6.45, 7) is 0. The summed E-state index contributed by atoms with van der Waals surface area (Å²) >= 11 is 0. The minimum atomic E-state index is -0.127. The van der Waals surface area contributed by atoms with E-state index in [0.717, 1.165) is 37.9 Å². The first-order chi connectivity index (χ1) is 8.74. The first kappa shape index (κ1) is 13.3. The molecule has 0 spiro atoms. The predicted octanol–water partition coefficient (Wildman–Crippen LogP) is 2.89. The van der Waals surface area contributed by atoms with Crippen LogP contribution in [0, 0.1) is 17.8 Å². The highest BCUT2D eigenvalue weighted by molar-refractivity contribution is 5.69. The zero-order valence-corrected chi connectivity index (χ0v) is 11.1. The number of rotatable bonds is 5. The van der Waals surface area contributed by atoms with Gasteiger partial charge in [0.2, 0.25) is 0 Å². The molecule has 2 rings (SSSR count). The molecule has 3 heteroatoms. The van der Waals surface area contributed by atoms with Gasteiger partial charge in [0.05, 0.1) is 7.11 Å². The fourth-order valence-corrected chi connectivity index (χ4v) is 3.47. The van der Waals surface area contributed by atoms with Crippen molar-refractivity contribution in [2.75, 3.05) is 7.11 Å². The fraction of sp³-hybridized carbons (Fsp3) is 0.733. The van der Waals surface area contributed by atoms with Crippen LogP contribution in [-0.2, 0) is 14.3 Å². The van der Waals surface area contributed by atoms with Crippen molar-refractivity contribution in [3.63, 3.8) is 0 Å². The molecular formula is C15H22O3. The van der Waals surface area contributed by atoms with Gasteiger partial charge in [0.1, 0.15) is 6.29 Å². The molecule has 0 aromatic rings. The van der Waals surface area contributed by atoms with Crippen LogP contribution in [0.4, 0.5) is 0 Å². The van der Waals surface area contributed by atoms with E-state index in [1.54, 1.807) is 0 Å². The molecule has 3 nitrogen and oxygen atoms in total. The van der Waals surface area contributed by atoms with Crippen LogP contribution in [0.2, 0.25) is 0 Å². The second-order valence-electron chi connectivity index (χ2n) is 5.54. The van der Waals surface area contributed by atoms with E-state index in [4.69, 9.17) is 0 Å². The lowest BCUT2D eigenvalue weighted by molar-refractivity contribution is -0.140. The van der Waals surface area contributed by atoms with E-state index in [2.05, 4.69) is 10.8 Å². The number of ether oxygens (including phenoxy) is 1. The Morgan fingerprint density at radius 2 is 2.22 bits per heavy atom. The number of methoxy groups -OCH3 is 1. The molecule has 0 heterocycles. The number of allylic oxidation sites excluding steroid dienone is 2. The van der Waals surface area contributed by atoms with E-state index in [1.165, 1.54) is 25.5 Å². The Hall–Kier alpha value is -1.12. The van der Waals surface area contributed by atoms with Crippen molar-refractivity contribution in [3.8, 4) is 0 Å². The van der Waals surface area contributed by atoms with E-state index in [9.17, 15) is 9.59 Å². The Bertz CT molecular complexity index is 346. The van der Waals surface area contributed by atoms with Gasteiger partial charge in [-0.2, -0.15) is 0 Å². The van der Waals surface area contributed by atoms with E-state index >= 15 is 0 Å². The van der Waals surface area contributed by atoms with Crippen LogP contribution < -0.4 is 0 Å². The van der Waals surface area contributed by atoms with Crippen molar-refractivity contribution in [2.45, 2.75) is 44.9 Å². The summed E-state index contributed by atoms with van der Waals surface area (Å²) in [4.78, 5) is 21.9. The van der Waals surface area contributed by atoms with Crippen LogP contribution >= 0.6 is 0 Å². The third-order valence-electron chi connectivity index (χ3n) is 4.47. The Morgan fingerprint density at radius 3 is 2.94 bits per heavy atom. The van der Waals surface area contributed by atoms with Gasteiger partial charge in [-0.15, -0.1) is 0 Å². The van der Waals surface area contributed by atoms with Gasteiger partial charge < -0.3 is 9.53 Å². The number of hydrogen-bond acceptors (Lipinski definition) is 3. The normalized spacial score (nSPS) is 32.5. The summed E-state index contributed by atoms with van der Waals surface area (Å²) in [6.07, 6.45) is 10.3. The average molecular weight is 250 g/mol. The monoisotopic (exact) mass is 250 g/mol. The maximum absolute atomic E-state index is 11.0. The average Bonchev–Trinajstić information content (AvgIpc) is 2.93. The van der Waals surface area contributed by atoms with Crippen molar-refractivity contribution in [2.24, 2.45) is 17.8 Å². The Kier molecular flexibility index (Phi) is 4.56. The minimum Gasteiger partial charge on any atom is -0.469 e. The lowest BCUT2D eigenvalue weighted by Crippen LogP contribution is -2.09. The molecule has 0 bridgehead atoms. The third kappa shape index (κ3) is 3.01. The second-order valence-corrected chi connectivity index (χ2v) is 5.54. The Morgan fingerprint density at radius 1 is 1.39 bits per heavy atom. The number of carbonyl (C=O) groups is 2. The van der Waals surface area contributed by atoms with E-state index in [0.29, 0.717) is 18.3 Å². The van der Waals surface area contributed by atoms with Crippen LogP contribution in [0.25, 0.3) is 0 Å². The highest BCUT2D eigenvalue weighted by Crippen LogP contribution is 2.49. The molecule has 2 aliphatic rings. The molecule has 2 saturated carbocycles. The molecule has 0 aliphatic heterocycles. The number of hydrogen-bond donors (Lipinski definition) is 0. The zero-order valence-electron chi connectivity index (χ0n) is 11.1. The molecule has 100 valence electrons. The third-order valence-corrected chi connectivity index (χ3v) is 4.47. The first-order valence-electron chi connectivity index (χ1n) is 6.94. The van der Waals surface area contributed by atoms with Crippen LogP contribution in [0.3, 0.4) is 0 Å². The number of esters is 1. The predicted molar refractivity (Wildman–Crippen MR) is 69.0 cm³/mol. The van der Waals surface area contributed by atoms with Gasteiger partial charge >= 0.3 is 5.97 Å². The molecule has 0 aromatic heterocycles. The van der Waals surface area contributed by atoms with Crippen molar-refractivity contribution in [1.29, 1.82) is 0 Å². The van der Waals surface area contributed by atoms with Crippen LogP contribution in [-0.4, -0.2) is 19.4 Å². The van der Waals surface area contributed by atoms with Crippen LogP contribution in [0.5, 0.6) is 0 Å². The molecule has 2 fully saturated rings. The summed E-state index contributed by atoms with van der Waals surface area (Å²) in [7, 11) is 1.43. The van der Waals surface area contributed by atoms with Gasteiger partial charge in [0.15, 0.2) is 0 Å². The fourth-order valence-electron chi connectivity index (χ4n) is 3.47. The number of fused-ring (bicyclic) bond motifs is 1. The minimum absolute atomic E-state index is 0.127. The summed E-state index contributed by atoms with van der Waals surface area (Å²) in [6, 6.07) is 0. The summed E-state index contributed by atoms with van der Waals surface area (Å²) < 4.78 is 4.61. The van der Waals surface area contributed by atoms with Gasteiger partial charge in [-0.3, -0.25) is 4.79 Å². The molecular weight excluding hydrogens is 228 g/mol. The molecule has 0 saturated heterocycles. The van der Waals surface area contributed by atoms with Crippen molar-refractivity contribution >= 4 is 12.3 Å².